The molecular formula is C13H22N4O2S. The number of nitrogens with one attached hydrogen (secondary N) is 1. The average Bonchev–Trinajstić information content (AvgIpc) is 2.77. The number of rotatable bonds is 5. The lowest BCUT2D eigenvalue weighted by Crippen LogP contribution is -2.42. The lowest BCUT2D eigenvalue weighted by atomic mass is 10.0. The van der Waals surface area contributed by atoms with E-state index < -0.39 is 10.0 Å². The Balaban J connectivity index is 2.22. The molecule has 1 aromatic rings. The standard InChI is InChI=1S/C13H22N4O2S/c1-4-7-14-12-15-9-11(10-16-12)20(18,19)17-8-5-6-13(17,2)3/h9-10H,4-8H2,1-3H3,(H,14,15,16). The van der Waals surface area contributed by atoms with Crippen molar-refractivity contribution in [3.63, 3.8) is 0 Å². The molecule has 0 bridgehead atoms. The Kier molecular flexibility index (Phi) is 4.29. The summed E-state index contributed by atoms with van der Waals surface area (Å²) in [6.45, 7) is 7.28. The second kappa shape index (κ2) is 5.65. The summed E-state index contributed by atoms with van der Waals surface area (Å²) in [5.74, 6) is 0.464. The van der Waals surface area contributed by atoms with Gasteiger partial charge in [0.2, 0.25) is 16.0 Å². The molecule has 1 aliphatic heterocycles. The molecule has 2 heterocycles. The van der Waals surface area contributed by atoms with Crippen LogP contribution in [0.5, 0.6) is 0 Å². The van der Waals surface area contributed by atoms with Gasteiger partial charge in [-0.05, 0) is 33.1 Å². The van der Waals surface area contributed by atoms with Crippen LogP contribution in [0.4, 0.5) is 5.95 Å². The first-order valence-corrected chi connectivity index (χ1v) is 8.41. The highest BCUT2D eigenvalue weighted by Gasteiger charge is 2.41. The number of nitrogens with zero attached hydrogens (tertiary/aromatic N) is 3. The van der Waals surface area contributed by atoms with Crippen molar-refractivity contribution in [2.45, 2.75) is 50.5 Å². The summed E-state index contributed by atoms with van der Waals surface area (Å²) in [5.41, 5.74) is -0.335. The highest BCUT2D eigenvalue weighted by molar-refractivity contribution is 7.89. The van der Waals surface area contributed by atoms with Crippen molar-refractivity contribution >= 4 is 16.0 Å². The van der Waals surface area contributed by atoms with Crippen molar-refractivity contribution in [1.82, 2.24) is 14.3 Å². The van der Waals surface area contributed by atoms with Gasteiger partial charge >= 0.3 is 0 Å². The Morgan fingerprint density at radius 2 is 2.00 bits per heavy atom. The minimum atomic E-state index is -3.50. The van der Waals surface area contributed by atoms with Crippen LogP contribution in [-0.4, -0.2) is 41.3 Å². The fourth-order valence-corrected chi connectivity index (χ4v) is 4.17. The molecule has 1 N–H and O–H groups in total. The van der Waals surface area contributed by atoms with Gasteiger partial charge in [0.1, 0.15) is 4.90 Å². The molecule has 0 radical (unpaired) electrons. The lowest BCUT2D eigenvalue weighted by molar-refractivity contribution is 0.291. The number of hydrogen-bond acceptors (Lipinski definition) is 5. The first-order valence-electron chi connectivity index (χ1n) is 6.97. The van der Waals surface area contributed by atoms with Crippen LogP contribution >= 0.6 is 0 Å². The molecule has 0 amide bonds. The van der Waals surface area contributed by atoms with Crippen LogP contribution in [-0.2, 0) is 10.0 Å². The fraction of sp³-hybridized carbons (Fsp3) is 0.692. The van der Waals surface area contributed by atoms with E-state index in [-0.39, 0.29) is 10.4 Å². The molecule has 1 aliphatic rings. The zero-order valence-corrected chi connectivity index (χ0v) is 13.1. The van der Waals surface area contributed by atoms with Crippen molar-refractivity contribution in [1.29, 1.82) is 0 Å². The summed E-state index contributed by atoms with van der Waals surface area (Å²) in [5, 5.41) is 3.03. The summed E-state index contributed by atoms with van der Waals surface area (Å²) >= 11 is 0. The molecule has 0 spiro atoms. The molecular weight excluding hydrogens is 276 g/mol. The third kappa shape index (κ3) is 2.93. The maximum Gasteiger partial charge on any atom is 0.246 e. The van der Waals surface area contributed by atoms with Gasteiger partial charge in [-0.3, -0.25) is 0 Å². The largest absolute Gasteiger partial charge is 0.354 e. The topological polar surface area (TPSA) is 75.2 Å². The van der Waals surface area contributed by atoms with Crippen molar-refractivity contribution in [2.24, 2.45) is 0 Å². The predicted molar refractivity (Wildman–Crippen MR) is 78.0 cm³/mol. The lowest BCUT2D eigenvalue weighted by Gasteiger charge is -2.30. The predicted octanol–water partition coefficient (Wildman–Crippen LogP) is 1.86. The van der Waals surface area contributed by atoms with E-state index in [1.807, 2.05) is 20.8 Å². The van der Waals surface area contributed by atoms with Gasteiger partial charge in [0.05, 0.1) is 12.4 Å². The van der Waals surface area contributed by atoms with E-state index in [2.05, 4.69) is 15.3 Å². The third-order valence-electron chi connectivity index (χ3n) is 3.57. The summed E-state index contributed by atoms with van der Waals surface area (Å²) in [6, 6.07) is 0. The molecule has 7 heteroatoms. The van der Waals surface area contributed by atoms with E-state index in [1.54, 1.807) is 4.31 Å². The van der Waals surface area contributed by atoms with Crippen molar-refractivity contribution in [2.75, 3.05) is 18.4 Å². The van der Waals surface area contributed by atoms with Gasteiger partial charge in [-0.2, -0.15) is 4.31 Å². The van der Waals surface area contributed by atoms with E-state index >= 15 is 0 Å². The third-order valence-corrected chi connectivity index (χ3v) is 5.64. The highest BCUT2D eigenvalue weighted by atomic mass is 32.2. The highest BCUT2D eigenvalue weighted by Crippen LogP contribution is 2.33. The normalized spacial score (nSPS) is 19.1. The van der Waals surface area contributed by atoms with E-state index in [9.17, 15) is 8.42 Å². The molecule has 0 aliphatic carbocycles. The first kappa shape index (κ1) is 15.2. The minimum Gasteiger partial charge on any atom is -0.354 e. The molecule has 0 unspecified atom stereocenters. The zero-order valence-electron chi connectivity index (χ0n) is 12.3. The average molecular weight is 298 g/mol. The van der Waals surface area contributed by atoms with Crippen molar-refractivity contribution < 1.29 is 8.42 Å². The van der Waals surface area contributed by atoms with E-state index in [1.165, 1.54) is 12.4 Å². The Bertz CT molecular complexity index is 554. The number of anilines is 1. The maximum atomic E-state index is 12.6. The van der Waals surface area contributed by atoms with Gasteiger partial charge in [0, 0.05) is 18.6 Å². The van der Waals surface area contributed by atoms with Gasteiger partial charge < -0.3 is 5.32 Å². The Hall–Kier alpha value is -1.21. The molecule has 1 fully saturated rings. The quantitative estimate of drug-likeness (QED) is 0.898. The fourth-order valence-electron chi connectivity index (χ4n) is 2.43. The first-order chi connectivity index (χ1) is 9.38. The smallest absolute Gasteiger partial charge is 0.246 e. The molecule has 0 atom stereocenters. The molecule has 2 rings (SSSR count). The van der Waals surface area contributed by atoms with Gasteiger partial charge in [0.25, 0.3) is 0 Å². The summed E-state index contributed by atoms with van der Waals surface area (Å²) < 4.78 is 26.8. The monoisotopic (exact) mass is 298 g/mol. The van der Waals surface area contributed by atoms with Gasteiger partial charge in [-0.1, -0.05) is 6.92 Å². The van der Waals surface area contributed by atoms with Gasteiger partial charge in [-0.15, -0.1) is 0 Å². The number of hydrogen-bond donors (Lipinski definition) is 1. The second-order valence-electron chi connectivity index (χ2n) is 5.66. The summed E-state index contributed by atoms with van der Waals surface area (Å²) in [4.78, 5) is 8.31. The van der Waals surface area contributed by atoms with Crippen LogP contribution in [0, 0.1) is 0 Å². The zero-order chi connectivity index (χ0) is 14.8. The molecule has 1 aromatic heterocycles. The molecule has 0 saturated carbocycles. The minimum absolute atomic E-state index is 0.162. The van der Waals surface area contributed by atoms with Crippen LogP contribution in [0.3, 0.4) is 0 Å². The van der Waals surface area contributed by atoms with Gasteiger partial charge in [0.15, 0.2) is 0 Å². The molecule has 112 valence electrons. The van der Waals surface area contributed by atoms with E-state index in [4.69, 9.17) is 0 Å². The molecule has 6 nitrogen and oxygen atoms in total. The van der Waals surface area contributed by atoms with Crippen molar-refractivity contribution in [3.8, 4) is 0 Å². The Morgan fingerprint density at radius 3 is 2.50 bits per heavy atom. The summed E-state index contributed by atoms with van der Waals surface area (Å²) in [7, 11) is -3.50. The van der Waals surface area contributed by atoms with E-state index in [0.29, 0.717) is 12.5 Å². The maximum absolute atomic E-state index is 12.6. The molecule has 20 heavy (non-hydrogen) atoms. The van der Waals surface area contributed by atoms with Crippen LogP contribution < -0.4 is 5.32 Å². The van der Waals surface area contributed by atoms with Gasteiger partial charge in [-0.25, -0.2) is 18.4 Å². The number of aromatic nitrogens is 2. The van der Waals surface area contributed by atoms with Crippen LogP contribution in [0.1, 0.15) is 40.0 Å². The van der Waals surface area contributed by atoms with Crippen LogP contribution in [0.25, 0.3) is 0 Å². The van der Waals surface area contributed by atoms with Crippen molar-refractivity contribution in [3.05, 3.63) is 12.4 Å². The summed E-state index contributed by atoms with van der Waals surface area (Å²) in [6.07, 6.45) is 5.50. The van der Waals surface area contributed by atoms with Crippen LogP contribution in [0.15, 0.2) is 17.3 Å². The second-order valence-corrected chi connectivity index (χ2v) is 7.52. The van der Waals surface area contributed by atoms with Crippen LogP contribution in [0.2, 0.25) is 0 Å². The Labute approximate surface area is 120 Å². The molecule has 1 saturated heterocycles. The SMILES string of the molecule is CCCNc1ncc(S(=O)(=O)N2CCCC2(C)C)cn1. The Morgan fingerprint density at radius 1 is 1.35 bits per heavy atom. The number of sulfonamides is 1. The molecule has 0 aromatic carbocycles. The van der Waals surface area contributed by atoms with E-state index in [0.717, 1.165) is 25.8 Å².